The van der Waals surface area contributed by atoms with Gasteiger partial charge in [0.1, 0.15) is 17.2 Å². The highest BCUT2D eigenvalue weighted by atomic mass is 16.5. The minimum Gasteiger partial charge on any atom is -0.497 e. The van der Waals surface area contributed by atoms with Crippen LogP contribution in [0.3, 0.4) is 0 Å². The van der Waals surface area contributed by atoms with Crippen LogP contribution in [0, 0.1) is 0 Å². The molecular formula is C24H26N4O5. The molecule has 0 bridgehead atoms. The Balaban J connectivity index is 1.27. The molecule has 1 atom stereocenters. The van der Waals surface area contributed by atoms with E-state index in [9.17, 15) is 9.59 Å². The van der Waals surface area contributed by atoms with E-state index in [1.165, 1.54) is 6.26 Å². The third kappa shape index (κ3) is 4.11. The third-order valence-corrected chi connectivity index (χ3v) is 6.34. The normalized spacial score (nSPS) is 19.2. The summed E-state index contributed by atoms with van der Waals surface area (Å²) in [5.41, 5.74) is 0.237. The molecule has 2 aliphatic heterocycles. The van der Waals surface area contributed by atoms with Crippen LogP contribution in [0.1, 0.15) is 34.8 Å². The van der Waals surface area contributed by atoms with Gasteiger partial charge in [0.2, 0.25) is 0 Å². The number of carbonyl (C=O) groups is 2. The highest BCUT2D eigenvalue weighted by Crippen LogP contribution is 2.40. The molecule has 0 aliphatic carbocycles. The van der Waals surface area contributed by atoms with Gasteiger partial charge in [0.05, 0.1) is 19.9 Å². The van der Waals surface area contributed by atoms with Gasteiger partial charge in [-0.15, -0.1) is 0 Å². The van der Waals surface area contributed by atoms with Crippen molar-refractivity contribution >= 4 is 11.8 Å². The second kappa shape index (κ2) is 8.74. The van der Waals surface area contributed by atoms with Gasteiger partial charge in [-0.05, 0) is 29.8 Å². The number of rotatable bonds is 5. The second-order valence-corrected chi connectivity index (χ2v) is 8.34. The van der Waals surface area contributed by atoms with Crippen LogP contribution in [0.25, 0.3) is 0 Å². The molecule has 2 amide bonds. The van der Waals surface area contributed by atoms with Crippen molar-refractivity contribution < 1.29 is 23.5 Å². The zero-order valence-electron chi connectivity index (χ0n) is 18.4. The van der Waals surface area contributed by atoms with Gasteiger partial charge >= 0.3 is 0 Å². The standard InChI is InChI=1S/C24H26N4O5/c1-31-18-5-2-4-17(14-18)15-26-21(29)20-16-28-12-9-25-23(28)24(33-20)7-10-27(11-8-24)22(30)19-6-3-13-32-19/h2-6,9,12-14,20H,7-8,10-11,15-16H2,1H3,(H,26,29). The van der Waals surface area contributed by atoms with Crippen LogP contribution in [0.4, 0.5) is 0 Å². The van der Waals surface area contributed by atoms with Crippen LogP contribution < -0.4 is 10.1 Å². The summed E-state index contributed by atoms with van der Waals surface area (Å²) in [6.45, 7) is 1.76. The Morgan fingerprint density at radius 3 is 2.85 bits per heavy atom. The number of nitrogens with one attached hydrogen (secondary N) is 1. The topological polar surface area (TPSA) is 98.8 Å². The molecule has 0 radical (unpaired) electrons. The minimum absolute atomic E-state index is 0.137. The Kier molecular flexibility index (Phi) is 5.63. The number of hydrogen-bond donors (Lipinski definition) is 1. The molecule has 5 rings (SSSR count). The van der Waals surface area contributed by atoms with Crippen molar-refractivity contribution in [3.05, 3.63) is 72.2 Å². The van der Waals surface area contributed by atoms with E-state index in [1.54, 1.807) is 30.3 Å². The number of likely N-dealkylation sites (tertiary alicyclic amines) is 1. The van der Waals surface area contributed by atoms with Crippen LogP contribution in [0.5, 0.6) is 5.75 Å². The van der Waals surface area contributed by atoms with Crippen LogP contribution in [0.15, 0.2) is 59.5 Å². The third-order valence-electron chi connectivity index (χ3n) is 6.34. The molecule has 9 nitrogen and oxygen atoms in total. The zero-order valence-corrected chi connectivity index (χ0v) is 18.4. The first-order chi connectivity index (χ1) is 16.1. The van der Waals surface area contributed by atoms with E-state index in [-0.39, 0.29) is 11.8 Å². The molecule has 9 heteroatoms. The van der Waals surface area contributed by atoms with Crippen molar-refractivity contribution in [2.45, 2.75) is 37.6 Å². The molecule has 3 aromatic rings. The van der Waals surface area contributed by atoms with E-state index in [2.05, 4.69) is 10.3 Å². The van der Waals surface area contributed by atoms with Crippen LogP contribution in [-0.4, -0.2) is 52.6 Å². The number of piperidine rings is 1. The molecule has 1 N–H and O–H groups in total. The number of fused-ring (bicyclic) bond motifs is 2. The van der Waals surface area contributed by atoms with Crippen LogP contribution >= 0.6 is 0 Å². The van der Waals surface area contributed by atoms with E-state index >= 15 is 0 Å². The summed E-state index contributed by atoms with van der Waals surface area (Å²) in [5.74, 6) is 1.57. The fraction of sp³-hybridized carbons (Fsp3) is 0.375. The number of furan rings is 1. The first-order valence-electron chi connectivity index (χ1n) is 11.0. The van der Waals surface area contributed by atoms with E-state index in [4.69, 9.17) is 13.9 Å². The minimum atomic E-state index is -0.709. The molecule has 2 aromatic heterocycles. The number of carbonyl (C=O) groups excluding carboxylic acids is 2. The van der Waals surface area contributed by atoms with Crippen LogP contribution in [0.2, 0.25) is 0 Å². The largest absolute Gasteiger partial charge is 0.497 e. The number of imidazole rings is 1. The number of benzene rings is 1. The SMILES string of the molecule is COc1cccc(CNC(=O)C2Cn3ccnc3C3(CCN(C(=O)c4ccco4)CC3)O2)c1. The van der Waals surface area contributed by atoms with Gasteiger partial charge in [0.25, 0.3) is 11.8 Å². The van der Waals surface area contributed by atoms with Crippen molar-refractivity contribution in [3.8, 4) is 5.75 Å². The summed E-state index contributed by atoms with van der Waals surface area (Å²) in [5, 5.41) is 2.98. The van der Waals surface area contributed by atoms with E-state index < -0.39 is 11.7 Å². The van der Waals surface area contributed by atoms with Gasteiger partial charge in [0.15, 0.2) is 11.9 Å². The molecule has 4 heterocycles. The Morgan fingerprint density at radius 2 is 2.09 bits per heavy atom. The number of ether oxygens (including phenoxy) is 2. The summed E-state index contributed by atoms with van der Waals surface area (Å²) < 4.78 is 18.9. The first-order valence-corrected chi connectivity index (χ1v) is 11.0. The predicted molar refractivity (Wildman–Crippen MR) is 117 cm³/mol. The monoisotopic (exact) mass is 450 g/mol. The van der Waals surface area contributed by atoms with Gasteiger partial charge in [0, 0.05) is 44.9 Å². The molecule has 2 aliphatic rings. The van der Waals surface area contributed by atoms with Crippen molar-refractivity contribution in [2.75, 3.05) is 20.2 Å². The zero-order chi connectivity index (χ0) is 22.8. The Hall–Kier alpha value is -3.59. The fourth-order valence-electron chi connectivity index (χ4n) is 4.59. The molecule has 172 valence electrons. The maximum atomic E-state index is 13.0. The maximum Gasteiger partial charge on any atom is 0.289 e. The highest BCUT2D eigenvalue weighted by molar-refractivity contribution is 5.91. The van der Waals surface area contributed by atoms with Gasteiger partial charge in [-0.2, -0.15) is 0 Å². The number of hydrogen-bond acceptors (Lipinski definition) is 6. The Labute approximate surface area is 191 Å². The average Bonchev–Trinajstić information content (AvgIpc) is 3.55. The lowest BCUT2D eigenvalue weighted by atomic mass is 9.88. The summed E-state index contributed by atoms with van der Waals surface area (Å²) in [7, 11) is 1.61. The number of aromatic nitrogens is 2. The molecule has 1 unspecified atom stereocenters. The summed E-state index contributed by atoms with van der Waals surface area (Å²) in [6, 6.07) is 11.0. The summed E-state index contributed by atoms with van der Waals surface area (Å²) in [6.07, 6.45) is 5.56. The van der Waals surface area contributed by atoms with Crippen LogP contribution in [-0.2, 0) is 28.2 Å². The van der Waals surface area contributed by atoms with E-state index in [0.29, 0.717) is 44.8 Å². The van der Waals surface area contributed by atoms with Gasteiger partial charge in [-0.1, -0.05) is 12.1 Å². The van der Waals surface area contributed by atoms with Gasteiger partial charge in [-0.3, -0.25) is 9.59 Å². The first kappa shape index (κ1) is 21.3. The van der Waals surface area contributed by atoms with Crippen molar-refractivity contribution in [1.82, 2.24) is 19.8 Å². The number of amides is 2. The second-order valence-electron chi connectivity index (χ2n) is 8.34. The number of nitrogens with zero attached hydrogens (tertiary/aromatic N) is 3. The predicted octanol–water partition coefficient (Wildman–Crippen LogP) is 2.33. The molecule has 1 fully saturated rings. The Morgan fingerprint density at radius 1 is 1.24 bits per heavy atom. The fourth-order valence-corrected chi connectivity index (χ4v) is 4.59. The molecule has 1 saturated heterocycles. The van der Waals surface area contributed by atoms with E-state index in [1.807, 2.05) is 35.0 Å². The van der Waals surface area contributed by atoms with Crippen molar-refractivity contribution in [2.24, 2.45) is 0 Å². The molecule has 1 aromatic carbocycles. The molecule has 1 spiro atoms. The lowest BCUT2D eigenvalue weighted by Crippen LogP contribution is -2.54. The van der Waals surface area contributed by atoms with Crippen molar-refractivity contribution in [1.29, 1.82) is 0 Å². The maximum absolute atomic E-state index is 13.0. The summed E-state index contributed by atoms with van der Waals surface area (Å²) >= 11 is 0. The highest BCUT2D eigenvalue weighted by Gasteiger charge is 2.47. The lowest BCUT2D eigenvalue weighted by molar-refractivity contribution is -0.172. The average molecular weight is 450 g/mol. The quantitative estimate of drug-likeness (QED) is 0.641. The summed E-state index contributed by atoms with van der Waals surface area (Å²) in [4.78, 5) is 32.0. The van der Waals surface area contributed by atoms with Gasteiger partial charge < -0.3 is 28.7 Å². The lowest BCUT2D eigenvalue weighted by Gasteiger charge is -2.45. The molecular weight excluding hydrogens is 424 g/mol. The van der Waals surface area contributed by atoms with E-state index in [0.717, 1.165) is 17.1 Å². The Bertz CT molecular complexity index is 1130. The van der Waals surface area contributed by atoms with Gasteiger partial charge in [-0.25, -0.2) is 4.98 Å². The molecule has 0 saturated carbocycles. The van der Waals surface area contributed by atoms with Crippen molar-refractivity contribution in [3.63, 3.8) is 0 Å². The number of methoxy groups -OCH3 is 1. The smallest absolute Gasteiger partial charge is 0.289 e. The molecule has 33 heavy (non-hydrogen) atoms.